The van der Waals surface area contributed by atoms with Gasteiger partial charge in [0.25, 0.3) is 12.0 Å². The summed E-state index contributed by atoms with van der Waals surface area (Å²) >= 11 is 0. The van der Waals surface area contributed by atoms with Gasteiger partial charge in [0.15, 0.2) is 0 Å². The smallest absolute Gasteiger partial charge is 0.477 e. The van der Waals surface area contributed by atoms with E-state index < -0.39 is 41.3 Å². The second-order valence-corrected chi connectivity index (χ2v) is 2.95. The fourth-order valence-corrected chi connectivity index (χ4v) is 1.14. The molecular weight excluding hydrogens is 269 g/mol. The van der Waals surface area contributed by atoms with Crippen LogP contribution in [-0.2, 0) is 0 Å². The largest absolute Gasteiger partial charge is 0.574 e. The van der Waals surface area contributed by atoms with Crippen LogP contribution in [0, 0.1) is 0 Å². The summed E-state index contributed by atoms with van der Waals surface area (Å²) in [6.07, 6.45) is -8.76. The van der Waals surface area contributed by atoms with Gasteiger partial charge in [-0.25, -0.2) is 13.6 Å². The van der Waals surface area contributed by atoms with Gasteiger partial charge in [0.05, 0.1) is 0 Å². The van der Waals surface area contributed by atoms with Crippen LogP contribution >= 0.6 is 0 Å². The zero-order valence-electron chi connectivity index (χ0n) is 8.22. The lowest BCUT2D eigenvalue weighted by Crippen LogP contribution is -2.24. The highest BCUT2D eigenvalue weighted by Crippen LogP contribution is 2.30. The van der Waals surface area contributed by atoms with Gasteiger partial charge in [0.1, 0.15) is 5.56 Å². The lowest BCUT2D eigenvalue weighted by Gasteiger charge is -2.13. The van der Waals surface area contributed by atoms with E-state index in [1.807, 2.05) is 0 Å². The maximum Gasteiger partial charge on any atom is 0.574 e. The number of carboxylic acids is 1. The maximum absolute atomic E-state index is 12.4. The van der Waals surface area contributed by atoms with E-state index in [0.29, 0.717) is 0 Å². The lowest BCUT2D eigenvalue weighted by molar-refractivity contribution is -0.276. The monoisotopic (exact) mass is 273 g/mol. The summed E-state index contributed by atoms with van der Waals surface area (Å²) in [6, 6.07) is 0.192. The normalized spacial score (nSPS) is 11.7. The van der Waals surface area contributed by atoms with E-state index in [2.05, 4.69) is 4.74 Å². The van der Waals surface area contributed by atoms with E-state index >= 15 is 0 Å². The summed E-state index contributed by atoms with van der Waals surface area (Å²) < 4.78 is 63.8. The van der Waals surface area contributed by atoms with Gasteiger partial charge in [-0.05, 0) is 0 Å². The molecule has 0 unspecified atom stereocenters. The van der Waals surface area contributed by atoms with E-state index in [1.165, 1.54) is 4.98 Å². The zero-order chi connectivity index (χ0) is 14.1. The molecule has 18 heavy (non-hydrogen) atoms. The first kappa shape index (κ1) is 13.9. The quantitative estimate of drug-likeness (QED) is 0.824. The number of H-pyrrole nitrogens is 1. The molecular formula is C8H4F5NO4. The summed E-state index contributed by atoms with van der Waals surface area (Å²) in [5.41, 5.74) is -4.14. The SMILES string of the molecule is O=C(O)c1c(C(F)F)cc(=O)[nH]c1OC(F)(F)F. The number of aromatic nitrogens is 1. The minimum atomic E-state index is -5.33. The highest BCUT2D eigenvalue weighted by atomic mass is 19.4. The van der Waals surface area contributed by atoms with Gasteiger partial charge in [0, 0.05) is 11.6 Å². The molecule has 2 N–H and O–H groups in total. The van der Waals surface area contributed by atoms with Crippen molar-refractivity contribution in [2.24, 2.45) is 0 Å². The number of aromatic amines is 1. The molecule has 0 bridgehead atoms. The first-order chi connectivity index (χ1) is 8.11. The summed E-state index contributed by atoms with van der Waals surface area (Å²) in [5.74, 6) is -3.67. The number of hydrogen-bond donors (Lipinski definition) is 2. The number of ether oxygens (including phenoxy) is 1. The van der Waals surface area contributed by atoms with Gasteiger partial charge >= 0.3 is 12.3 Å². The third-order valence-corrected chi connectivity index (χ3v) is 1.71. The predicted octanol–water partition coefficient (Wildman–Crippen LogP) is 1.91. The van der Waals surface area contributed by atoms with Crippen molar-refractivity contribution in [2.75, 3.05) is 0 Å². The van der Waals surface area contributed by atoms with Crippen molar-refractivity contribution in [3.05, 3.63) is 27.5 Å². The van der Waals surface area contributed by atoms with E-state index in [0.717, 1.165) is 0 Å². The molecule has 0 spiro atoms. The Balaban J connectivity index is 3.49. The second-order valence-electron chi connectivity index (χ2n) is 2.95. The molecule has 1 rings (SSSR count). The predicted molar refractivity (Wildman–Crippen MR) is 45.7 cm³/mol. The Labute approximate surface area is 94.8 Å². The van der Waals surface area contributed by atoms with Crippen molar-refractivity contribution in [2.45, 2.75) is 12.8 Å². The van der Waals surface area contributed by atoms with Crippen molar-refractivity contribution in [1.29, 1.82) is 0 Å². The van der Waals surface area contributed by atoms with Crippen molar-refractivity contribution >= 4 is 5.97 Å². The first-order valence-corrected chi connectivity index (χ1v) is 4.16. The van der Waals surface area contributed by atoms with Gasteiger partial charge in [-0.1, -0.05) is 0 Å². The molecule has 0 atom stereocenters. The molecule has 5 nitrogen and oxygen atoms in total. The lowest BCUT2D eigenvalue weighted by atomic mass is 10.1. The van der Waals surface area contributed by atoms with Crippen molar-refractivity contribution in [1.82, 2.24) is 4.98 Å². The van der Waals surface area contributed by atoms with E-state index in [4.69, 9.17) is 5.11 Å². The van der Waals surface area contributed by atoms with Crippen LogP contribution in [0.2, 0.25) is 0 Å². The molecule has 1 heterocycles. The molecule has 0 aromatic carbocycles. The summed E-state index contributed by atoms with van der Waals surface area (Å²) in [7, 11) is 0. The Hall–Kier alpha value is -2.13. The molecule has 0 saturated carbocycles. The van der Waals surface area contributed by atoms with Crippen LogP contribution in [0.5, 0.6) is 5.88 Å². The first-order valence-electron chi connectivity index (χ1n) is 4.16. The van der Waals surface area contributed by atoms with Gasteiger partial charge in [-0.2, -0.15) is 0 Å². The Kier molecular flexibility index (Phi) is 3.58. The number of pyridine rings is 1. The number of halogens is 5. The summed E-state index contributed by atoms with van der Waals surface area (Å²) in [5, 5.41) is 8.58. The highest BCUT2D eigenvalue weighted by Gasteiger charge is 2.35. The average Bonchev–Trinajstić information content (AvgIpc) is 2.12. The molecule has 0 aliphatic heterocycles. The van der Waals surface area contributed by atoms with E-state index in [9.17, 15) is 31.5 Å². The van der Waals surface area contributed by atoms with Crippen molar-refractivity contribution in [3.8, 4) is 5.88 Å². The standard InChI is InChI=1S/C8H4F5NO4/c9-5(10)2-1-3(15)14-6(4(2)7(16)17)18-8(11,12)13/h1,5H,(H,14,15)(H,16,17). The minimum absolute atomic E-state index is 0.192. The van der Waals surface area contributed by atoms with Gasteiger partial charge < -0.3 is 9.84 Å². The Bertz CT molecular complexity index is 521. The number of rotatable bonds is 3. The third-order valence-electron chi connectivity index (χ3n) is 1.71. The van der Waals surface area contributed by atoms with Crippen LogP contribution in [0.3, 0.4) is 0 Å². The molecule has 1 aromatic heterocycles. The van der Waals surface area contributed by atoms with E-state index in [-0.39, 0.29) is 6.07 Å². The average molecular weight is 273 g/mol. The number of hydrogen-bond acceptors (Lipinski definition) is 3. The topological polar surface area (TPSA) is 79.4 Å². The maximum atomic E-state index is 12.4. The molecule has 0 saturated heterocycles. The molecule has 0 fully saturated rings. The van der Waals surface area contributed by atoms with Crippen LogP contribution in [0.25, 0.3) is 0 Å². The summed E-state index contributed by atoms with van der Waals surface area (Å²) in [4.78, 5) is 22.9. The number of carbonyl (C=O) groups is 1. The summed E-state index contributed by atoms with van der Waals surface area (Å²) in [6.45, 7) is 0. The van der Waals surface area contributed by atoms with Crippen molar-refractivity contribution in [3.63, 3.8) is 0 Å². The number of carboxylic acid groups (broad SMARTS) is 1. The van der Waals surface area contributed by atoms with Gasteiger partial charge in [-0.3, -0.25) is 9.78 Å². The van der Waals surface area contributed by atoms with Gasteiger partial charge in [-0.15, -0.1) is 13.2 Å². The minimum Gasteiger partial charge on any atom is -0.477 e. The van der Waals surface area contributed by atoms with Crippen LogP contribution < -0.4 is 10.3 Å². The highest BCUT2D eigenvalue weighted by molar-refractivity contribution is 5.92. The van der Waals surface area contributed by atoms with Crippen molar-refractivity contribution < 1.29 is 36.6 Å². The van der Waals surface area contributed by atoms with E-state index in [1.54, 1.807) is 0 Å². The third kappa shape index (κ3) is 3.18. The molecule has 0 radical (unpaired) electrons. The molecule has 0 aliphatic carbocycles. The second kappa shape index (κ2) is 4.63. The molecule has 0 aliphatic rings. The van der Waals surface area contributed by atoms with Crippen LogP contribution in [-0.4, -0.2) is 22.4 Å². The number of alkyl halides is 5. The molecule has 1 aromatic rings. The molecule has 10 heteroatoms. The Morgan fingerprint density at radius 1 is 1.39 bits per heavy atom. The van der Waals surface area contributed by atoms with Gasteiger partial charge in [0.2, 0.25) is 5.88 Å². The Morgan fingerprint density at radius 2 is 1.94 bits per heavy atom. The Morgan fingerprint density at radius 3 is 2.33 bits per heavy atom. The molecule has 0 amide bonds. The van der Waals surface area contributed by atoms with Crippen LogP contribution in [0.15, 0.2) is 10.9 Å². The van der Waals surface area contributed by atoms with Crippen LogP contribution in [0.4, 0.5) is 22.0 Å². The zero-order valence-corrected chi connectivity index (χ0v) is 8.22. The fraction of sp³-hybridized carbons (Fsp3) is 0.250. The van der Waals surface area contributed by atoms with Crippen LogP contribution in [0.1, 0.15) is 22.3 Å². The fourth-order valence-electron chi connectivity index (χ4n) is 1.14. The number of nitrogens with one attached hydrogen (secondary N) is 1. The molecule has 100 valence electrons. The number of aromatic carboxylic acids is 1.